The van der Waals surface area contributed by atoms with Crippen LogP contribution in [0, 0.1) is 0 Å². The van der Waals surface area contributed by atoms with Gasteiger partial charge in [0.05, 0.1) is 6.04 Å². The van der Waals surface area contributed by atoms with Crippen molar-refractivity contribution in [2.45, 2.75) is 74.5 Å². The number of hydrogen-bond donors (Lipinski definition) is 6. The van der Waals surface area contributed by atoms with E-state index in [1.54, 1.807) is 12.1 Å². The predicted octanol–water partition coefficient (Wildman–Crippen LogP) is -1.02. The van der Waals surface area contributed by atoms with E-state index in [0.717, 1.165) is 5.56 Å². The number of carbonyl (C=O) groups is 3. The summed E-state index contributed by atoms with van der Waals surface area (Å²) in [6, 6.07) is 12.4. The molecular formula is C29H35N3O9. The summed E-state index contributed by atoms with van der Waals surface area (Å²) in [6.07, 6.45) is -6.16. The number of carbonyl (C=O) groups excluding carboxylic acids is 3. The maximum absolute atomic E-state index is 14.0. The molecule has 0 aromatic heterocycles. The number of ether oxygens (including phenoxy) is 2. The lowest BCUT2D eigenvalue weighted by Crippen LogP contribution is -2.66. The van der Waals surface area contributed by atoms with Crippen LogP contribution in [0.2, 0.25) is 0 Å². The molecule has 5 rings (SSSR count). The molecule has 12 nitrogen and oxygen atoms in total. The number of nitrogens with one attached hydrogen (secondary N) is 2. The largest absolute Gasteiger partial charge is 0.508 e. The van der Waals surface area contributed by atoms with E-state index in [0.29, 0.717) is 24.9 Å². The predicted molar refractivity (Wildman–Crippen MR) is 143 cm³/mol. The maximum atomic E-state index is 14.0. The Morgan fingerprint density at radius 2 is 1.54 bits per heavy atom. The van der Waals surface area contributed by atoms with Crippen molar-refractivity contribution in [3.8, 4) is 5.75 Å². The number of aliphatic hydroxyl groups excluding tert-OH is 3. The van der Waals surface area contributed by atoms with Gasteiger partial charge in [-0.05, 0) is 42.5 Å². The zero-order chi connectivity index (χ0) is 29.1. The Balaban J connectivity index is 1.47. The van der Waals surface area contributed by atoms with Gasteiger partial charge >= 0.3 is 5.97 Å². The van der Waals surface area contributed by atoms with Gasteiger partial charge in [0, 0.05) is 13.0 Å². The van der Waals surface area contributed by atoms with E-state index >= 15 is 0 Å². The van der Waals surface area contributed by atoms with Crippen molar-refractivity contribution < 1.29 is 44.3 Å². The van der Waals surface area contributed by atoms with Crippen LogP contribution in [0.5, 0.6) is 5.75 Å². The molecule has 2 bridgehead atoms. The van der Waals surface area contributed by atoms with Crippen molar-refractivity contribution in [1.82, 2.24) is 15.5 Å². The summed E-state index contributed by atoms with van der Waals surface area (Å²) in [5.74, 6) is -1.62. The minimum atomic E-state index is -1.65. The standard InChI is InChI=1S/C29H35N3O9/c33-18-10-8-17(9-11-18)13-19-28(38)32-12-4-7-21(32)26(37)30-20(14-16-5-2-1-3-6-16)29(39)40-15-22-23(34)24(35)25(36)27(31-19)41-22/h1-3,5-6,8-11,19-25,27,31,33-36H,4,7,12-15H2,(H,30,37)/t19-,20-,21?,22+,23+,24-,25+,27+/m0/s1. The average Bonchev–Trinajstić information content (AvgIpc) is 3.47. The van der Waals surface area contributed by atoms with Crippen LogP contribution >= 0.6 is 0 Å². The number of aliphatic hydroxyl groups is 3. The van der Waals surface area contributed by atoms with Crippen molar-refractivity contribution in [3.05, 3.63) is 65.7 Å². The molecule has 3 heterocycles. The molecule has 2 aromatic carbocycles. The van der Waals surface area contributed by atoms with E-state index in [1.165, 1.54) is 17.0 Å². The molecule has 3 aliphatic rings. The van der Waals surface area contributed by atoms with Crippen LogP contribution in [-0.4, -0.2) is 105 Å². The van der Waals surface area contributed by atoms with Crippen LogP contribution in [0.3, 0.4) is 0 Å². The highest BCUT2D eigenvalue weighted by atomic mass is 16.6. The van der Waals surface area contributed by atoms with E-state index in [1.807, 2.05) is 30.3 Å². The molecule has 0 radical (unpaired) electrons. The van der Waals surface area contributed by atoms with E-state index < -0.39 is 73.2 Å². The smallest absolute Gasteiger partial charge is 0.329 e. The number of phenolic OH excluding ortho intramolecular Hbond substituents is 1. The van der Waals surface area contributed by atoms with Gasteiger partial charge in [0.25, 0.3) is 0 Å². The molecule has 6 N–H and O–H groups in total. The van der Waals surface area contributed by atoms with Gasteiger partial charge in [0.15, 0.2) is 0 Å². The first-order chi connectivity index (χ1) is 19.7. The monoisotopic (exact) mass is 569 g/mol. The molecule has 220 valence electrons. The molecule has 41 heavy (non-hydrogen) atoms. The Morgan fingerprint density at radius 3 is 2.27 bits per heavy atom. The maximum Gasteiger partial charge on any atom is 0.329 e. The van der Waals surface area contributed by atoms with Crippen LogP contribution in [0.25, 0.3) is 0 Å². The number of rotatable bonds is 4. The van der Waals surface area contributed by atoms with Gasteiger partial charge in [0.1, 0.15) is 55.1 Å². The zero-order valence-electron chi connectivity index (χ0n) is 22.3. The summed E-state index contributed by atoms with van der Waals surface area (Å²) in [6.45, 7) is -0.161. The lowest BCUT2D eigenvalue weighted by molar-refractivity contribution is -0.241. The van der Waals surface area contributed by atoms with E-state index in [-0.39, 0.29) is 18.6 Å². The van der Waals surface area contributed by atoms with E-state index in [2.05, 4.69) is 10.6 Å². The number of esters is 1. The Kier molecular flexibility index (Phi) is 8.85. The lowest BCUT2D eigenvalue weighted by atomic mass is 9.96. The number of hydrogen-bond acceptors (Lipinski definition) is 10. The highest BCUT2D eigenvalue weighted by Crippen LogP contribution is 2.25. The van der Waals surface area contributed by atoms with Crippen LogP contribution in [0.1, 0.15) is 24.0 Å². The molecule has 3 fully saturated rings. The molecule has 8 atom stereocenters. The highest BCUT2D eigenvalue weighted by molar-refractivity contribution is 5.92. The number of aromatic hydroxyl groups is 1. The van der Waals surface area contributed by atoms with Crippen LogP contribution in [0.4, 0.5) is 0 Å². The van der Waals surface area contributed by atoms with E-state index in [9.17, 15) is 34.8 Å². The average molecular weight is 570 g/mol. The molecule has 0 aliphatic carbocycles. The molecule has 3 aliphatic heterocycles. The Hall–Kier alpha value is -3.55. The Bertz CT molecular complexity index is 1230. The quantitative estimate of drug-likeness (QED) is 0.250. The Morgan fingerprint density at radius 1 is 0.854 bits per heavy atom. The van der Waals surface area contributed by atoms with Crippen molar-refractivity contribution in [1.29, 1.82) is 0 Å². The second-order valence-electron chi connectivity index (χ2n) is 10.7. The van der Waals surface area contributed by atoms with E-state index in [4.69, 9.17) is 9.47 Å². The Labute approximate surface area is 236 Å². The lowest BCUT2D eigenvalue weighted by Gasteiger charge is -2.42. The summed E-state index contributed by atoms with van der Waals surface area (Å²) < 4.78 is 11.3. The molecule has 3 saturated heterocycles. The SMILES string of the molecule is O=C1N[C@@H](Cc2ccccc2)C(=O)OC[C@H]2O[C@@H](N[C@@H](Cc3ccc(O)cc3)C(=O)N3CCCC13)[C@H](O)[C@@H](O)[C@@H]2O. The number of benzene rings is 2. The van der Waals surface area contributed by atoms with Crippen LogP contribution in [0.15, 0.2) is 54.6 Å². The summed E-state index contributed by atoms with van der Waals surface area (Å²) in [7, 11) is 0. The van der Waals surface area contributed by atoms with Gasteiger partial charge in [-0.15, -0.1) is 0 Å². The number of cyclic esters (lactones) is 1. The van der Waals surface area contributed by atoms with Gasteiger partial charge in [-0.25, -0.2) is 4.79 Å². The van der Waals surface area contributed by atoms with Crippen LogP contribution < -0.4 is 10.6 Å². The second-order valence-corrected chi connectivity index (χ2v) is 10.7. The van der Waals surface area contributed by atoms with Crippen LogP contribution in [-0.2, 0) is 36.7 Å². The summed E-state index contributed by atoms with van der Waals surface area (Å²) >= 11 is 0. The summed E-state index contributed by atoms with van der Waals surface area (Å²) in [5.41, 5.74) is 1.47. The third kappa shape index (κ3) is 6.52. The normalized spacial score (nSPS) is 33.0. The molecular weight excluding hydrogens is 534 g/mol. The number of nitrogens with zero attached hydrogens (tertiary/aromatic N) is 1. The first-order valence-corrected chi connectivity index (χ1v) is 13.8. The summed E-state index contributed by atoms with van der Waals surface area (Å²) in [4.78, 5) is 42.1. The molecule has 2 amide bonds. The fraction of sp³-hybridized carbons (Fsp3) is 0.483. The highest BCUT2D eigenvalue weighted by Gasteiger charge is 2.47. The third-order valence-electron chi connectivity index (χ3n) is 7.86. The minimum Gasteiger partial charge on any atom is -0.508 e. The topological polar surface area (TPSA) is 178 Å². The minimum absolute atomic E-state index is 0.0564. The van der Waals surface area contributed by atoms with Crippen molar-refractivity contribution in [3.63, 3.8) is 0 Å². The fourth-order valence-corrected chi connectivity index (χ4v) is 5.59. The van der Waals surface area contributed by atoms with Gasteiger partial charge in [-0.1, -0.05) is 42.5 Å². The molecule has 1 unspecified atom stereocenters. The first-order valence-electron chi connectivity index (χ1n) is 13.8. The first kappa shape index (κ1) is 29.0. The molecule has 0 saturated carbocycles. The number of fused-ring (bicyclic) bond motifs is 3. The van der Waals surface area contributed by atoms with Crippen molar-refractivity contribution >= 4 is 17.8 Å². The van der Waals surface area contributed by atoms with Gasteiger partial charge < -0.3 is 40.1 Å². The van der Waals surface area contributed by atoms with Gasteiger partial charge in [0.2, 0.25) is 11.8 Å². The number of phenols is 1. The molecule has 0 spiro atoms. The third-order valence-corrected chi connectivity index (χ3v) is 7.86. The van der Waals surface area contributed by atoms with Gasteiger partial charge in [-0.2, -0.15) is 0 Å². The summed E-state index contributed by atoms with van der Waals surface area (Å²) in [5, 5.41) is 47.3. The fourth-order valence-electron chi connectivity index (χ4n) is 5.59. The zero-order valence-corrected chi connectivity index (χ0v) is 22.3. The number of amides is 2. The van der Waals surface area contributed by atoms with Crippen molar-refractivity contribution in [2.24, 2.45) is 0 Å². The van der Waals surface area contributed by atoms with Crippen molar-refractivity contribution in [2.75, 3.05) is 13.2 Å². The molecule has 12 heteroatoms. The second kappa shape index (κ2) is 12.5. The molecule has 2 aromatic rings. The van der Waals surface area contributed by atoms with Gasteiger partial charge in [-0.3, -0.25) is 14.9 Å².